The van der Waals surface area contributed by atoms with Crippen molar-refractivity contribution in [3.8, 4) is 0 Å². The molecule has 1 aromatic rings. The Balaban J connectivity index is 2.80. The van der Waals surface area contributed by atoms with E-state index >= 15 is 0 Å². The summed E-state index contributed by atoms with van der Waals surface area (Å²) in [6.07, 6.45) is 1.67. The van der Waals surface area contributed by atoms with E-state index in [1.165, 1.54) is 18.0 Å². The number of sulfone groups is 1. The van der Waals surface area contributed by atoms with Crippen LogP contribution < -0.4 is 0 Å². The Kier molecular flexibility index (Phi) is 5.37. The molecule has 1 aromatic heterocycles. The first-order valence-electron chi connectivity index (χ1n) is 5.73. The largest absolute Gasteiger partial charge is 0.478 e. The molecule has 1 N–H and O–H groups in total. The maximum absolute atomic E-state index is 11.2. The van der Waals surface area contributed by atoms with Crippen LogP contribution in [0.4, 0.5) is 0 Å². The summed E-state index contributed by atoms with van der Waals surface area (Å²) in [5, 5.41) is 9.63. The summed E-state index contributed by atoms with van der Waals surface area (Å²) in [5.74, 6) is -0.369. The van der Waals surface area contributed by atoms with Crippen LogP contribution in [0, 0.1) is 13.8 Å². The number of pyridine rings is 1. The van der Waals surface area contributed by atoms with Crippen LogP contribution in [0.3, 0.4) is 0 Å². The fourth-order valence-corrected chi connectivity index (χ4v) is 3.59. The second-order valence-corrected chi connectivity index (χ2v) is 7.74. The van der Waals surface area contributed by atoms with Gasteiger partial charge in [0.05, 0.1) is 11.3 Å². The van der Waals surface area contributed by atoms with Crippen LogP contribution >= 0.6 is 11.8 Å². The third kappa shape index (κ3) is 5.20. The van der Waals surface area contributed by atoms with Gasteiger partial charge in [-0.1, -0.05) is 0 Å². The normalized spacial score (nSPS) is 11.5. The molecule has 1 rings (SSSR count). The predicted molar refractivity (Wildman–Crippen MR) is 75.7 cm³/mol. The van der Waals surface area contributed by atoms with E-state index in [4.69, 9.17) is 0 Å². The van der Waals surface area contributed by atoms with Crippen molar-refractivity contribution in [2.24, 2.45) is 0 Å². The number of carbonyl (C=O) groups is 1. The highest BCUT2D eigenvalue weighted by Crippen LogP contribution is 2.24. The zero-order chi connectivity index (χ0) is 14.6. The second kappa shape index (κ2) is 6.38. The van der Waals surface area contributed by atoms with Gasteiger partial charge in [-0.3, -0.25) is 0 Å². The maximum atomic E-state index is 11.2. The van der Waals surface area contributed by atoms with Crippen molar-refractivity contribution < 1.29 is 18.3 Å². The SMILES string of the molecule is Cc1cc(C)c(C(=O)O)c(SCCCS(C)(=O)=O)n1. The summed E-state index contributed by atoms with van der Waals surface area (Å²) >= 11 is 1.29. The molecule has 7 heteroatoms. The minimum absolute atomic E-state index is 0.104. The summed E-state index contributed by atoms with van der Waals surface area (Å²) in [6, 6.07) is 1.73. The molecule has 0 saturated heterocycles. The number of aromatic nitrogens is 1. The zero-order valence-electron chi connectivity index (χ0n) is 11.1. The van der Waals surface area contributed by atoms with Crippen molar-refractivity contribution >= 4 is 27.6 Å². The smallest absolute Gasteiger partial charge is 0.338 e. The lowest BCUT2D eigenvalue weighted by molar-refractivity contribution is 0.0691. The van der Waals surface area contributed by atoms with Gasteiger partial charge in [0, 0.05) is 17.7 Å². The molecule has 0 aliphatic carbocycles. The molecule has 0 spiro atoms. The van der Waals surface area contributed by atoms with Gasteiger partial charge in [0.25, 0.3) is 0 Å². The van der Waals surface area contributed by atoms with Crippen LogP contribution in [0.5, 0.6) is 0 Å². The van der Waals surface area contributed by atoms with Gasteiger partial charge in [0.15, 0.2) is 0 Å². The molecular weight excluding hydrogens is 286 g/mol. The van der Waals surface area contributed by atoms with Gasteiger partial charge in [-0.05, 0) is 31.9 Å². The lowest BCUT2D eigenvalue weighted by Gasteiger charge is -2.09. The van der Waals surface area contributed by atoms with E-state index in [-0.39, 0.29) is 11.3 Å². The van der Waals surface area contributed by atoms with E-state index < -0.39 is 15.8 Å². The molecular formula is C12H17NO4S2. The van der Waals surface area contributed by atoms with E-state index in [2.05, 4.69) is 4.98 Å². The van der Waals surface area contributed by atoms with Crippen LogP contribution in [0.15, 0.2) is 11.1 Å². The number of carboxylic acid groups (broad SMARTS) is 1. The van der Waals surface area contributed by atoms with Gasteiger partial charge >= 0.3 is 5.97 Å². The molecule has 0 aromatic carbocycles. The molecule has 1 heterocycles. The Labute approximate surface area is 117 Å². The highest BCUT2D eigenvalue weighted by Gasteiger charge is 2.16. The van der Waals surface area contributed by atoms with E-state index in [1.807, 2.05) is 0 Å². The Bertz CT molecular complexity index is 582. The molecule has 0 atom stereocenters. The monoisotopic (exact) mass is 303 g/mol. The molecule has 0 fully saturated rings. The van der Waals surface area contributed by atoms with Crippen molar-refractivity contribution in [2.75, 3.05) is 17.8 Å². The number of carboxylic acids is 1. The maximum Gasteiger partial charge on any atom is 0.338 e. The zero-order valence-corrected chi connectivity index (χ0v) is 12.8. The first-order chi connectivity index (χ1) is 8.70. The Morgan fingerprint density at radius 2 is 2.05 bits per heavy atom. The molecule has 5 nitrogen and oxygen atoms in total. The standard InChI is InChI=1S/C12H17NO4S2/c1-8-7-9(2)13-11(10(8)12(14)15)18-5-4-6-19(3,16)17/h7H,4-6H2,1-3H3,(H,14,15). The second-order valence-electron chi connectivity index (χ2n) is 4.40. The summed E-state index contributed by atoms with van der Waals surface area (Å²) < 4.78 is 22.0. The average molecular weight is 303 g/mol. The van der Waals surface area contributed by atoms with Crippen molar-refractivity contribution in [3.63, 3.8) is 0 Å². The molecule has 0 amide bonds. The van der Waals surface area contributed by atoms with Gasteiger partial charge in [-0.2, -0.15) is 0 Å². The fourth-order valence-electron chi connectivity index (χ4n) is 1.66. The summed E-state index contributed by atoms with van der Waals surface area (Å²) in [5.41, 5.74) is 1.63. The Hall–Kier alpha value is -1.08. The lowest BCUT2D eigenvalue weighted by Crippen LogP contribution is -2.07. The van der Waals surface area contributed by atoms with Crippen LogP contribution in [0.2, 0.25) is 0 Å². The number of hydrogen-bond acceptors (Lipinski definition) is 5. The van der Waals surface area contributed by atoms with E-state index in [1.54, 1.807) is 19.9 Å². The van der Waals surface area contributed by atoms with Crippen LogP contribution in [0.25, 0.3) is 0 Å². The van der Waals surface area contributed by atoms with Gasteiger partial charge in [-0.15, -0.1) is 11.8 Å². The molecule has 0 bridgehead atoms. The van der Waals surface area contributed by atoms with Crippen LogP contribution in [-0.2, 0) is 9.84 Å². The highest BCUT2D eigenvalue weighted by atomic mass is 32.2. The van der Waals surface area contributed by atoms with Gasteiger partial charge in [0.1, 0.15) is 14.9 Å². The van der Waals surface area contributed by atoms with Crippen molar-refractivity contribution in [1.82, 2.24) is 4.98 Å². The predicted octanol–water partition coefficient (Wildman–Crippen LogP) is 1.92. The number of aryl methyl sites for hydroxylation is 2. The number of aromatic carboxylic acids is 1. The van der Waals surface area contributed by atoms with E-state index in [9.17, 15) is 18.3 Å². The van der Waals surface area contributed by atoms with E-state index in [0.717, 1.165) is 5.69 Å². The van der Waals surface area contributed by atoms with Gasteiger partial charge in [0.2, 0.25) is 0 Å². The Morgan fingerprint density at radius 3 is 2.58 bits per heavy atom. The highest BCUT2D eigenvalue weighted by molar-refractivity contribution is 7.99. The topological polar surface area (TPSA) is 84.3 Å². The number of rotatable bonds is 6. The van der Waals surface area contributed by atoms with Crippen LogP contribution in [-0.4, -0.2) is 42.2 Å². The molecule has 0 aliphatic heterocycles. The molecule has 0 aliphatic rings. The van der Waals surface area contributed by atoms with Crippen molar-refractivity contribution in [2.45, 2.75) is 25.3 Å². The minimum Gasteiger partial charge on any atom is -0.478 e. The van der Waals surface area contributed by atoms with Gasteiger partial charge in [-0.25, -0.2) is 18.2 Å². The third-order valence-electron chi connectivity index (χ3n) is 2.42. The van der Waals surface area contributed by atoms with Crippen LogP contribution in [0.1, 0.15) is 28.0 Å². The molecule has 0 unspecified atom stereocenters. The molecule has 106 valence electrons. The van der Waals surface area contributed by atoms with Gasteiger partial charge < -0.3 is 5.11 Å². The minimum atomic E-state index is -2.97. The number of thioether (sulfide) groups is 1. The fraction of sp³-hybridized carbons (Fsp3) is 0.500. The van der Waals surface area contributed by atoms with E-state index in [0.29, 0.717) is 22.8 Å². The summed E-state index contributed by atoms with van der Waals surface area (Å²) in [4.78, 5) is 15.4. The molecule has 0 radical (unpaired) electrons. The molecule has 19 heavy (non-hydrogen) atoms. The number of hydrogen-bond donors (Lipinski definition) is 1. The third-order valence-corrected chi connectivity index (χ3v) is 4.52. The average Bonchev–Trinajstić information content (AvgIpc) is 2.21. The van der Waals surface area contributed by atoms with Crippen molar-refractivity contribution in [3.05, 3.63) is 22.9 Å². The summed E-state index contributed by atoms with van der Waals surface area (Å²) in [7, 11) is -2.97. The van der Waals surface area contributed by atoms with Crippen molar-refractivity contribution in [1.29, 1.82) is 0 Å². The number of nitrogens with zero attached hydrogens (tertiary/aromatic N) is 1. The Morgan fingerprint density at radius 1 is 1.42 bits per heavy atom. The first kappa shape index (κ1) is 16.0. The first-order valence-corrected chi connectivity index (χ1v) is 8.77. The lowest BCUT2D eigenvalue weighted by atomic mass is 10.1. The summed E-state index contributed by atoms with van der Waals surface area (Å²) in [6.45, 7) is 3.54. The quantitative estimate of drug-likeness (QED) is 0.638. The molecule has 0 saturated carbocycles.